The van der Waals surface area contributed by atoms with Gasteiger partial charge in [0, 0.05) is 30.9 Å². The number of ether oxygens (including phenoxy) is 3. The SMILES string of the molecule is CCOCCCNc1nnc(-c2ccccc2OC)c(-c2ccccc2OC)n1. The van der Waals surface area contributed by atoms with E-state index < -0.39 is 0 Å². The average molecular weight is 394 g/mol. The van der Waals surface area contributed by atoms with Gasteiger partial charge >= 0.3 is 0 Å². The van der Waals surface area contributed by atoms with Gasteiger partial charge in [-0.25, -0.2) is 4.98 Å². The van der Waals surface area contributed by atoms with Crippen LogP contribution in [0.15, 0.2) is 48.5 Å². The number of nitrogens with one attached hydrogen (secondary N) is 1. The van der Waals surface area contributed by atoms with E-state index in [2.05, 4.69) is 15.5 Å². The number of hydrogen-bond donors (Lipinski definition) is 1. The van der Waals surface area contributed by atoms with Crippen molar-refractivity contribution in [3.05, 3.63) is 48.5 Å². The number of benzene rings is 2. The number of rotatable bonds is 10. The van der Waals surface area contributed by atoms with Crippen LogP contribution >= 0.6 is 0 Å². The largest absolute Gasteiger partial charge is 0.496 e. The molecule has 0 saturated heterocycles. The van der Waals surface area contributed by atoms with Crippen LogP contribution in [0.25, 0.3) is 22.5 Å². The molecule has 3 aromatic rings. The maximum atomic E-state index is 5.56. The summed E-state index contributed by atoms with van der Waals surface area (Å²) in [5, 5.41) is 12.0. The molecule has 1 aromatic heterocycles. The zero-order valence-electron chi connectivity index (χ0n) is 17.0. The summed E-state index contributed by atoms with van der Waals surface area (Å²) < 4.78 is 16.5. The Morgan fingerprint density at radius 3 is 2.07 bits per heavy atom. The van der Waals surface area contributed by atoms with Crippen LogP contribution < -0.4 is 14.8 Å². The van der Waals surface area contributed by atoms with Crippen molar-refractivity contribution in [1.82, 2.24) is 15.2 Å². The van der Waals surface area contributed by atoms with E-state index in [0.717, 1.165) is 17.5 Å². The Balaban J connectivity index is 2.02. The van der Waals surface area contributed by atoms with Crippen LogP contribution in [0.5, 0.6) is 11.5 Å². The first-order chi connectivity index (χ1) is 14.3. The fourth-order valence-electron chi connectivity index (χ4n) is 2.97. The van der Waals surface area contributed by atoms with Gasteiger partial charge in [-0.2, -0.15) is 0 Å². The number of aromatic nitrogens is 3. The monoisotopic (exact) mass is 394 g/mol. The summed E-state index contributed by atoms with van der Waals surface area (Å²) in [6.45, 7) is 4.08. The predicted octanol–water partition coefficient (Wildman–Crippen LogP) is 4.06. The van der Waals surface area contributed by atoms with Crippen molar-refractivity contribution >= 4 is 5.95 Å². The lowest BCUT2D eigenvalue weighted by atomic mass is 10.0. The van der Waals surface area contributed by atoms with Crippen molar-refractivity contribution in [2.75, 3.05) is 39.3 Å². The van der Waals surface area contributed by atoms with Gasteiger partial charge in [0.25, 0.3) is 0 Å². The fourth-order valence-corrected chi connectivity index (χ4v) is 2.97. The third-order valence-electron chi connectivity index (χ3n) is 4.36. The fraction of sp³-hybridized carbons (Fsp3) is 0.318. The highest BCUT2D eigenvalue weighted by Gasteiger charge is 2.19. The lowest BCUT2D eigenvalue weighted by Gasteiger charge is -2.14. The molecule has 0 aliphatic rings. The maximum absolute atomic E-state index is 5.56. The molecule has 29 heavy (non-hydrogen) atoms. The van der Waals surface area contributed by atoms with Crippen molar-refractivity contribution in [2.24, 2.45) is 0 Å². The van der Waals surface area contributed by atoms with Crippen molar-refractivity contribution in [3.63, 3.8) is 0 Å². The lowest BCUT2D eigenvalue weighted by Crippen LogP contribution is -2.10. The Hall–Kier alpha value is -3.19. The van der Waals surface area contributed by atoms with Crippen LogP contribution in [0.3, 0.4) is 0 Å². The van der Waals surface area contributed by atoms with Crippen LogP contribution in [-0.2, 0) is 4.74 Å². The summed E-state index contributed by atoms with van der Waals surface area (Å²) >= 11 is 0. The minimum absolute atomic E-state index is 0.459. The van der Waals surface area contributed by atoms with Crippen molar-refractivity contribution < 1.29 is 14.2 Å². The van der Waals surface area contributed by atoms with Gasteiger partial charge in [0.1, 0.15) is 22.9 Å². The zero-order chi connectivity index (χ0) is 20.5. The molecule has 2 aromatic carbocycles. The summed E-state index contributed by atoms with van der Waals surface area (Å²) in [6, 6.07) is 15.4. The molecule has 3 rings (SSSR count). The third-order valence-corrected chi connectivity index (χ3v) is 4.36. The van der Waals surface area contributed by atoms with Crippen molar-refractivity contribution in [1.29, 1.82) is 0 Å². The van der Waals surface area contributed by atoms with E-state index in [-0.39, 0.29) is 0 Å². The summed E-state index contributed by atoms with van der Waals surface area (Å²) in [5.41, 5.74) is 2.96. The molecular formula is C22H26N4O3. The van der Waals surface area contributed by atoms with Gasteiger partial charge in [-0.15, -0.1) is 10.2 Å². The molecule has 0 bridgehead atoms. The van der Waals surface area contributed by atoms with Gasteiger partial charge in [-0.3, -0.25) is 0 Å². The van der Waals surface area contributed by atoms with Gasteiger partial charge < -0.3 is 19.5 Å². The van der Waals surface area contributed by atoms with E-state index in [1.54, 1.807) is 14.2 Å². The van der Waals surface area contributed by atoms with Crippen LogP contribution in [-0.4, -0.2) is 49.2 Å². The first kappa shape index (κ1) is 20.5. The topological polar surface area (TPSA) is 78.4 Å². The molecule has 1 N–H and O–H groups in total. The smallest absolute Gasteiger partial charge is 0.243 e. The lowest BCUT2D eigenvalue weighted by molar-refractivity contribution is 0.147. The minimum Gasteiger partial charge on any atom is -0.496 e. The standard InChI is InChI=1S/C22H26N4O3/c1-4-29-15-9-14-23-22-24-20(16-10-5-7-12-18(16)27-2)21(25-26-22)17-11-6-8-13-19(17)28-3/h5-8,10-13H,4,9,14-15H2,1-3H3,(H,23,24,26). The summed E-state index contributed by atoms with van der Waals surface area (Å²) in [6.07, 6.45) is 0.857. The Morgan fingerprint density at radius 1 is 0.828 bits per heavy atom. The molecular weight excluding hydrogens is 368 g/mol. The van der Waals surface area contributed by atoms with Crippen LogP contribution in [0.1, 0.15) is 13.3 Å². The zero-order valence-corrected chi connectivity index (χ0v) is 17.0. The number of nitrogens with zero attached hydrogens (tertiary/aromatic N) is 3. The van der Waals surface area contributed by atoms with Gasteiger partial charge in [-0.1, -0.05) is 24.3 Å². The van der Waals surface area contributed by atoms with E-state index in [4.69, 9.17) is 19.2 Å². The Kier molecular flexibility index (Phi) is 7.35. The van der Waals surface area contributed by atoms with Crippen molar-refractivity contribution in [3.8, 4) is 34.0 Å². The molecule has 0 saturated carbocycles. The maximum Gasteiger partial charge on any atom is 0.243 e. The van der Waals surface area contributed by atoms with Crippen LogP contribution in [0.4, 0.5) is 5.95 Å². The highest BCUT2D eigenvalue weighted by molar-refractivity contribution is 5.83. The van der Waals surface area contributed by atoms with Gasteiger partial charge in [0.15, 0.2) is 0 Å². The van der Waals surface area contributed by atoms with Gasteiger partial charge in [0.2, 0.25) is 5.95 Å². The quantitative estimate of drug-likeness (QED) is 0.520. The van der Waals surface area contributed by atoms with Crippen molar-refractivity contribution in [2.45, 2.75) is 13.3 Å². The predicted molar refractivity (Wildman–Crippen MR) is 113 cm³/mol. The summed E-state index contributed by atoms with van der Waals surface area (Å²) in [7, 11) is 3.28. The van der Waals surface area contributed by atoms with Crippen LogP contribution in [0.2, 0.25) is 0 Å². The molecule has 1 heterocycles. The normalized spacial score (nSPS) is 10.6. The summed E-state index contributed by atoms with van der Waals surface area (Å²) in [5.74, 6) is 1.88. The van der Waals surface area contributed by atoms with E-state index >= 15 is 0 Å². The first-order valence-corrected chi connectivity index (χ1v) is 9.61. The molecule has 7 heteroatoms. The van der Waals surface area contributed by atoms with E-state index in [9.17, 15) is 0 Å². The van der Waals surface area contributed by atoms with E-state index in [0.29, 0.717) is 48.6 Å². The molecule has 0 amide bonds. The molecule has 0 atom stereocenters. The molecule has 0 spiro atoms. The highest BCUT2D eigenvalue weighted by atomic mass is 16.5. The number of hydrogen-bond acceptors (Lipinski definition) is 7. The molecule has 7 nitrogen and oxygen atoms in total. The van der Waals surface area contributed by atoms with E-state index in [1.807, 2.05) is 55.5 Å². The number of para-hydroxylation sites is 2. The van der Waals surface area contributed by atoms with Gasteiger partial charge in [0.05, 0.1) is 14.2 Å². The summed E-state index contributed by atoms with van der Waals surface area (Å²) in [4.78, 5) is 4.76. The molecule has 152 valence electrons. The molecule has 0 fully saturated rings. The first-order valence-electron chi connectivity index (χ1n) is 9.61. The Labute approximate surface area is 171 Å². The second kappa shape index (κ2) is 10.4. The molecule has 0 unspecified atom stereocenters. The second-order valence-electron chi connectivity index (χ2n) is 6.21. The average Bonchev–Trinajstić information content (AvgIpc) is 2.78. The highest BCUT2D eigenvalue weighted by Crippen LogP contribution is 2.38. The molecule has 0 aliphatic carbocycles. The molecule has 0 radical (unpaired) electrons. The third kappa shape index (κ3) is 5.00. The Bertz CT molecular complexity index is 933. The second-order valence-corrected chi connectivity index (χ2v) is 6.21. The van der Waals surface area contributed by atoms with Crippen LogP contribution in [0, 0.1) is 0 Å². The van der Waals surface area contributed by atoms with Gasteiger partial charge in [-0.05, 0) is 37.6 Å². The minimum atomic E-state index is 0.459. The number of anilines is 1. The Morgan fingerprint density at radius 2 is 1.45 bits per heavy atom. The molecule has 0 aliphatic heterocycles. The van der Waals surface area contributed by atoms with E-state index in [1.165, 1.54) is 0 Å². The number of methoxy groups -OCH3 is 2.